The van der Waals surface area contributed by atoms with Crippen LogP contribution in [0.15, 0.2) is 17.1 Å². The van der Waals surface area contributed by atoms with E-state index in [-0.39, 0.29) is 29.9 Å². The zero-order chi connectivity index (χ0) is 19.5. The average Bonchev–Trinajstić information content (AvgIpc) is 3.42. The third-order valence-corrected chi connectivity index (χ3v) is 5.81. The maximum atomic E-state index is 15.1. The van der Waals surface area contributed by atoms with Crippen molar-refractivity contribution in [1.82, 2.24) is 9.30 Å². The van der Waals surface area contributed by atoms with Crippen molar-refractivity contribution in [1.29, 1.82) is 0 Å². The highest BCUT2D eigenvalue weighted by molar-refractivity contribution is 5.89. The van der Waals surface area contributed by atoms with Crippen LogP contribution in [0.1, 0.15) is 47.2 Å². The lowest BCUT2D eigenvalue weighted by atomic mass is 10.0. The van der Waals surface area contributed by atoms with Crippen LogP contribution in [0.5, 0.6) is 0 Å². The first-order valence-corrected chi connectivity index (χ1v) is 9.36. The highest BCUT2D eigenvalue weighted by Crippen LogP contribution is 2.44. The molecule has 1 aliphatic heterocycles. The van der Waals surface area contributed by atoms with Gasteiger partial charge >= 0.3 is 5.97 Å². The molecule has 1 saturated heterocycles. The Hall–Kier alpha value is -2.12. The fourth-order valence-corrected chi connectivity index (χ4v) is 4.33. The third-order valence-electron chi connectivity index (χ3n) is 5.81. The van der Waals surface area contributed by atoms with Crippen molar-refractivity contribution in [3.63, 3.8) is 0 Å². The first-order chi connectivity index (χ1) is 12.8. The number of pyridine rings is 2. The number of hydrogen-bond donors (Lipinski definition) is 1. The van der Waals surface area contributed by atoms with Gasteiger partial charge in [-0.25, -0.2) is 9.18 Å². The Morgan fingerprint density at radius 3 is 2.54 bits per heavy atom. The second-order valence-electron chi connectivity index (χ2n) is 7.87. The average molecular weight is 410 g/mol. The Labute approximate surface area is 169 Å². The van der Waals surface area contributed by atoms with E-state index in [1.807, 2.05) is 6.92 Å². The van der Waals surface area contributed by atoms with Crippen molar-refractivity contribution in [2.24, 2.45) is 0 Å². The smallest absolute Gasteiger partial charge is 0.341 e. The fraction of sp³-hybridized carbons (Fsp3) is 0.500. The molecule has 28 heavy (non-hydrogen) atoms. The van der Waals surface area contributed by atoms with Crippen LogP contribution < -0.4 is 10.5 Å². The van der Waals surface area contributed by atoms with Crippen molar-refractivity contribution in [3.05, 3.63) is 45.1 Å². The van der Waals surface area contributed by atoms with E-state index in [0.717, 1.165) is 31.5 Å². The summed E-state index contributed by atoms with van der Waals surface area (Å²) in [5, 5.41) is 9.39. The Balaban J connectivity index is 0.00000225. The summed E-state index contributed by atoms with van der Waals surface area (Å²) in [6.07, 6.45) is 3.09. The van der Waals surface area contributed by atoms with Gasteiger partial charge in [-0.1, -0.05) is 0 Å². The minimum Gasteiger partial charge on any atom is -0.477 e. The number of aromatic carboxylic acids is 1. The van der Waals surface area contributed by atoms with Crippen molar-refractivity contribution in [2.45, 2.75) is 38.6 Å². The second-order valence-corrected chi connectivity index (χ2v) is 7.87. The molecule has 3 heterocycles. The van der Waals surface area contributed by atoms with Crippen LogP contribution in [-0.4, -0.2) is 53.1 Å². The number of carboxylic acids is 1. The van der Waals surface area contributed by atoms with E-state index in [1.54, 1.807) is 0 Å². The number of nitrogens with zero attached hydrogens (tertiary/aromatic N) is 3. The van der Waals surface area contributed by atoms with Gasteiger partial charge < -0.3 is 14.9 Å². The lowest BCUT2D eigenvalue weighted by Crippen LogP contribution is -2.51. The van der Waals surface area contributed by atoms with Crippen molar-refractivity contribution in [2.75, 3.05) is 31.6 Å². The van der Waals surface area contributed by atoms with E-state index in [1.165, 1.54) is 16.7 Å². The number of aromatic nitrogens is 1. The molecule has 1 unspecified atom stereocenters. The van der Waals surface area contributed by atoms with E-state index in [0.29, 0.717) is 23.3 Å². The van der Waals surface area contributed by atoms with Gasteiger partial charge in [0.2, 0.25) is 0 Å². The molecule has 1 atom stereocenters. The van der Waals surface area contributed by atoms with Gasteiger partial charge in [0.25, 0.3) is 5.56 Å². The van der Waals surface area contributed by atoms with Gasteiger partial charge in [0.05, 0.1) is 17.4 Å². The van der Waals surface area contributed by atoms with Gasteiger partial charge in [0.15, 0.2) is 5.82 Å². The number of halogens is 2. The third kappa shape index (κ3) is 3.26. The summed E-state index contributed by atoms with van der Waals surface area (Å²) >= 11 is 0. The molecule has 4 rings (SSSR count). The van der Waals surface area contributed by atoms with Crippen LogP contribution >= 0.6 is 12.4 Å². The Bertz CT molecular complexity index is 1000. The van der Waals surface area contributed by atoms with E-state index >= 15 is 4.39 Å². The molecule has 0 radical (unpaired) electrons. The Morgan fingerprint density at radius 2 is 1.96 bits per heavy atom. The van der Waals surface area contributed by atoms with Gasteiger partial charge in [0, 0.05) is 25.7 Å². The molecule has 2 aromatic rings. The van der Waals surface area contributed by atoms with Crippen LogP contribution in [0.25, 0.3) is 5.52 Å². The summed E-state index contributed by atoms with van der Waals surface area (Å²) in [6, 6.07) is 1.65. The topological polar surface area (TPSA) is 65.3 Å². The number of likely N-dealkylation sites (N-methyl/N-ethyl adjacent to an activating group) is 1. The molecule has 1 aliphatic carbocycles. The molecule has 0 aromatic carbocycles. The molecular weight excluding hydrogens is 385 g/mol. The molecule has 152 valence electrons. The molecule has 2 fully saturated rings. The summed E-state index contributed by atoms with van der Waals surface area (Å²) in [4.78, 5) is 28.4. The van der Waals surface area contributed by atoms with Crippen LogP contribution in [0.2, 0.25) is 0 Å². The van der Waals surface area contributed by atoms with Gasteiger partial charge in [-0.2, -0.15) is 0 Å². The SMILES string of the molecule is Cc1c(N2CCN(C)CC2C)c(F)cn2c(=O)c(C(=O)O)cc(C3CC3)c12.Cl. The molecule has 0 spiro atoms. The predicted octanol–water partition coefficient (Wildman–Crippen LogP) is 2.88. The quantitative estimate of drug-likeness (QED) is 0.844. The van der Waals surface area contributed by atoms with Crippen LogP contribution in [-0.2, 0) is 0 Å². The number of carboxylic acid groups (broad SMARTS) is 1. The first kappa shape index (κ1) is 20.6. The summed E-state index contributed by atoms with van der Waals surface area (Å²) in [5.41, 5.74) is 1.76. The zero-order valence-electron chi connectivity index (χ0n) is 16.2. The Morgan fingerprint density at radius 1 is 1.29 bits per heavy atom. The van der Waals surface area contributed by atoms with Gasteiger partial charge in [-0.3, -0.25) is 9.20 Å². The number of aryl methyl sites for hydroxylation is 1. The predicted molar refractivity (Wildman–Crippen MR) is 109 cm³/mol. The van der Waals surface area contributed by atoms with E-state index in [2.05, 4.69) is 23.8 Å². The maximum absolute atomic E-state index is 15.1. The van der Waals surface area contributed by atoms with Crippen LogP contribution in [0.3, 0.4) is 0 Å². The zero-order valence-corrected chi connectivity index (χ0v) is 17.1. The van der Waals surface area contributed by atoms with E-state index < -0.39 is 17.3 Å². The molecule has 1 N–H and O–H groups in total. The van der Waals surface area contributed by atoms with Crippen LogP contribution in [0.4, 0.5) is 10.1 Å². The summed E-state index contributed by atoms with van der Waals surface area (Å²) in [5.74, 6) is -1.52. The highest BCUT2D eigenvalue weighted by Gasteiger charge is 2.32. The number of fused-ring (bicyclic) bond motifs is 1. The second kappa shape index (κ2) is 7.37. The lowest BCUT2D eigenvalue weighted by molar-refractivity contribution is 0.0694. The maximum Gasteiger partial charge on any atom is 0.341 e. The number of anilines is 1. The summed E-state index contributed by atoms with van der Waals surface area (Å²) < 4.78 is 16.3. The molecule has 0 amide bonds. The molecule has 2 aromatic heterocycles. The number of rotatable bonds is 3. The monoisotopic (exact) mass is 409 g/mol. The standard InChI is InChI=1S/C20H24FN3O3.ClH/c1-11-9-22(3)6-7-23(11)18-12(2)17-14(13-4-5-13)8-15(20(26)27)19(25)24(17)10-16(18)21;/h8,10-11,13H,4-7,9H2,1-3H3,(H,26,27);1H. The molecule has 0 bridgehead atoms. The number of hydrogen-bond acceptors (Lipinski definition) is 4. The molecule has 1 saturated carbocycles. The van der Waals surface area contributed by atoms with Crippen LogP contribution in [0, 0.1) is 12.7 Å². The van der Waals surface area contributed by atoms with Crippen molar-refractivity contribution in [3.8, 4) is 0 Å². The van der Waals surface area contributed by atoms with Crippen molar-refractivity contribution < 1.29 is 14.3 Å². The molecule has 2 aliphatic rings. The lowest BCUT2D eigenvalue weighted by Gasteiger charge is -2.40. The molecule has 8 heteroatoms. The number of carbonyl (C=O) groups is 1. The normalized spacial score (nSPS) is 20.3. The Kier molecular flexibility index (Phi) is 5.42. The largest absolute Gasteiger partial charge is 0.477 e. The molecule has 6 nitrogen and oxygen atoms in total. The highest BCUT2D eigenvalue weighted by atomic mass is 35.5. The summed E-state index contributed by atoms with van der Waals surface area (Å²) in [6.45, 7) is 6.30. The van der Waals surface area contributed by atoms with E-state index in [4.69, 9.17) is 0 Å². The molecular formula is C20H25ClFN3O3. The minimum atomic E-state index is -1.27. The fourth-order valence-electron chi connectivity index (χ4n) is 4.33. The van der Waals surface area contributed by atoms with Crippen molar-refractivity contribution >= 4 is 29.6 Å². The van der Waals surface area contributed by atoms with Gasteiger partial charge in [-0.15, -0.1) is 12.4 Å². The summed E-state index contributed by atoms with van der Waals surface area (Å²) in [7, 11) is 2.05. The van der Waals surface area contributed by atoms with Gasteiger partial charge in [0.1, 0.15) is 5.56 Å². The van der Waals surface area contributed by atoms with E-state index in [9.17, 15) is 14.7 Å². The first-order valence-electron chi connectivity index (χ1n) is 9.36. The number of piperazine rings is 1. The minimum absolute atomic E-state index is 0. The van der Waals surface area contributed by atoms with Gasteiger partial charge in [-0.05, 0) is 56.8 Å².